The van der Waals surface area contributed by atoms with Crippen LogP contribution in [0.4, 0.5) is 0 Å². The lowest BCUT2D eigenvalue weighted by Crippen LogP contribution is -2.63. The van der Waals surface area contributed by atoms with E-state index in [2.05, 4.69) is 16.0 Å². The molecule has 11 atom stereocenters. The predicted molar refractivity (Wildman–Crippen MR) is 203 cm³/mol. The Morgan fingerprint density at radius 1 is 0.661 bits per heavy atom. The molecule has 0 aromatic carbocycles. The first-order valence-electron chi connectivity index (χ1n) is 20.4. The Hall–Kier alpha value is -2.61. The van der Waals surface area contributed by atoms with Crippen LogP contribution < -0.4 is 16.0 Å². The Morgan fingerprint density at radius 3 is 1.89 bits per heavy atom. The lowest BCUT2D eigenvalue weighted by molar-refractivity contribution is -0.282. The highest BCUT2D eigenvalue weighted by Gasteiger charge is 2.44. The molecule has 10 unspecified atom stereocenters. The van der Waals surface area contributed by atoms with E-state index in [1.807, 2.05) is 0 Å². The monoisotopic (exact) mass is 803 g/mol. The molecule has 2 aliphatic rings. The second-order valence-electron chi connectivity index (χ2n) is 15.2. The third kappa shape index (κ3) is 18.3. The third-order valence-corrected chi connectivity index (χ3v) is 10.2. The van der Waals surface area contributed by atoms with Crippen LogP contribution in [-0.2, 0) is 42.9 Å². The molecule has 0 saturated carbocycles. The number of Topliss-reactive ketones (excluding diaryl/α,β-unsaturated/α-hetero) is 2. The van der Waals surface area contributed by atoms with Crippen molar-refractivity contribution in [2.45, 2.75) is 185 Å². The van der Waals surface area contributed by atoms with E-state index in [0.29, 0.717) is 70.8 Å². The summed E-state index contributed by atoms with van der Waals surface area (Å²) in [6.45, 7) is 6.54. The van der Waals surface area contributed by atoms with E-state index in [-0.39, 0.29) is 49.4 Å². The van der Waals surface area contributed by atoms with Gasteiger partial charge in [-0.25, -0.2) is 0 Å². The number of hydrogen-bond donors (Lipinski definition) is 8. The number of ketones is 2. The van der Waals surface area contributed by atoms with E-state index < -0.39 is 79.7 Å². The van der Waals surface area contributed by atoms with E-state index in [4.69, 9.17) is 18.9 Å². The molecule has 0 bridgehead atoms. The molecule has 2 fully saturated rings. The van der Waals surface area contributed by atoms with Crippen molar-refractivity contribution in [3.05, 3.63) is 0 Å². The van der Waals surface area contributed by atoms with Gasteiger partial charge in [-0.05, 0) is 71.6 Å². The van der Waals surface area contributed by atoms with Crippen LogP contribution in [0.15, 0.2) is 0 Å². The average molecular weight is 804 g/mol. The van der Waals surface area contributed by atoms with Gasteiger partial charge in [0.15, 0.2) is 18.4 Å². The van der Waals surface area contributed by atoms with Crippen LogP contribution in [0, 0.1) is 5.92 Å². The largest absolute Gasteiger partial charge is 0.394 e. The first-order chi connectivity index (χ1) is 26.7. The van der Waals surface area contributed by atoms with Gasteiger partial charge in [-0.15, -0.1) is 0 Å². The molecule has 2 saturated heterocycles. The maximum Gasteiger partial charge on any atom is 0.220 e. The minimum Gasteiger partial charge on any atom is -0.394 e. The van der Waals surface area contributed by atoms with Gasteiger partial charge < -0.3 is 65.2 Å². The highest BCUT2D eigenvalue weighted by atomic mass is 16.7. The summed E-state index contributed by atoms with van der Waals surface area (Å²) < 4.78 is 22.7. The quantitative estimate of drug-likeness (QED) is 0.0507. The zero-order valence-corrected chi connectivity index (χ0v) is 33.7. The van der Waals surface area contributed by atoms with Crippen molar-refractivity contribution < 1.29 is 68.5 Å². The van der Waals surface area contributed by atoms with Gasteiger partial charge in [0.2, 0.25) is 17.7 Å². The van der Waals surface area contributed by atoms with Crippen LogP contribution in [0.1, 0.15) is 124 Å². The second kappa shape index (κ2) is 27.1. The fourth-order valence-corrected chi connectivity index (χ4v) is 6.71. The van der Waals surface area contributed by atoms with Gasteiger partial charge in [0, 0.05) is 58.3 Å². The third-order valence-electron chi connectivity index (χ3n) is 10.2. The second-order valence-corrected chi connectivity index (χ2v) is 15.2. The van der Waals surface area contributed by atoms with Crippen LogP contribution in [-0.4, -0.2) is 142 Å². The van der Waals surface area contributed by atoms with Gasteiger partial charge in [-0.2, -0.15) is 0 Å². The minimum atomic E-state index is -1.25. The van der Waals surface area contributed by atoms with Crippen LogP contribution in [0.2, 0.25) is 0 Å². The lowest BCUT2D eigenvalue weighted by Gasteiger charge is -2.41. The summed E-state index contributed by atoms with van der Waals surface area (Å²) >= 11 is 0. The maximum absolute atomic E-state index is 13.2. The Kier molecular flexibility index (Phi) is 24.0. The van der Waals surface area contributed by atoms with Crippen molar-refractivity contribution >= 4 is 29.3 Å². The first-order valence-corrected chi connectivity index (χ1v) is 20.4. The normalized spacial score (nSPS) is 28.3. The Labute approximate surface area is 330 Å². The molecule has 0 aliphatic carbocycles. The molecule has 0 radical (unpaired) electrons. The van der Waals surface area contributed by atoms with Crippen LogP contribution in [0.5, 0.6) is 0 Å². The van der Waals surface area contributed by atoms with Crippen molar-refractivity contribution in [1.29, 1.82) is 0 Å². The van der Waals surface area contributed by atoms with Crippen molar-refractivity contribution in [2.75, 3.05) is 26.4 Å². The van der Waals surface area contributed by atoms with Crippen molar-refractivity contribution in [3.63, 3.8) is 0 Å². The first kappa shape index (κ1) is 49.5. The highest BCUT2D eigenvalue weighted by molar-refractivity contribution is 5.89. The van der Waals surface area contributed by atoms with E-state index in [9.17, 15) is 49.5 Å². The summed E-state index contributed by atoms with van der Waals surface area (Å²) in [6.07, 6.45) is -0.0537. The summed E-state index contributed by atoms with van der Waals surface area (Å²) in [7, 11) is 0. The number of rotatable bonds is 28. The Balaban J connectivity index is 1.71. The molecule has 324 valence electrons. The molecule has 0 aromatic rings. The molecule has 2 heterocycles. The molecule has 56 heavy (non-hydrogen) atoms. The number of nitrogens with one attached hydrogen (secondary N) is 3. The number of hydrogen-bond acceptors (Lipinski definition) is 14. The van der Waals surface area contributed by atoms with Gasteiger partial charge in [0.05, 0.1) is 24.9 Å². The SMILES string of the molecule is CC(=O)CCCCCCC(=O)[C@H](CCCCNC(=O)CCCCOC1OC(C)C(O)C(O)C1NC(C)=O)NC(=O)CCCCOC1OC(CO)C(O)C(O)C1C. The van der Waals surface area contributed by atoms with E-state index in [0.717, 1.165) is 19.3 Å². The molecule has 0 spiro atoms. The van der Waals surface area contributed by atoms with Crippen LogP contribution in [0.25, 0.3) is 0 Å². The summed E-state index contributed by atoms with van der Waals surface area (Å²) in [5, 5.41) is 58.4. The molecular formula is C39H69N3O14. The predicted octanol–water partition coefficient (Wildman–Crippen LogP) is 0.677. The molecule has 3 amide bonds. The maximum atomic E-state index is 13.2. The number of carbonyl (C=O) groups excluding carboxylic acids is 5. The number of amides is 3. The number of ether oxygens (including phenoxy) is 4. The molecule has 2 aliphatic heterocycles. The smallest absolute Gasteiger partial charge is 0.220 e. The van der Waals surface area contributed by atoms with Gasteiger partial charge in [0.25, 0.3) is 0 Å². The Bertz CT molecular complexity index is 1190. The topological polar surface area (TPSA) is 260 Å². The van der Waals surface area contributed by atoms with Gasteiger partial charge in [-0.1, -0.05) is 19.8 Å². The lowest BCUT2D eigenvalue weighted by atomic mass is 9.92. The Morgan fingerprint density at radius 2 is 1.27 bits per heavy atom. The summed E-state index contributed by atoms with van der Waals surface area (Å²) in [5.41, 5.74) is 0. The molecule has 17 nitrogen and oxygen atoms in total. The van der Waals surface area contributed by atoms with Crippen molar-refractivity contribution in [1.82, 2.24) is 16.0 Å². The molecule has 0 aromatic heterocycles. The molecule has 17 heteroatoms. The fraction of sp³-hybridized carbons (Fsp3) is 0.872. The van der Waals surface area contributed by atoms with E-state index in [1.165, 1.54) is 6.92 Å². The standard InChI is InChI=1S/C39H69N3O14/c1-24(44)15-7-5-6-8-17-29(46)28(42-32(48)19-11-14-21-53-38-25(2)34(49)36(51)30(23-43)56-38)16-9-12-20-40-31(47)18-10-13-22-54-39-33(41-27(4)45)37(52)35(50)26(3)55-39/h25-26,28,30,33-39,43,49-52H,5-23H2,1-4H3,(H,40,47)(H,41,45)(H,42,48)/t25?,26?,28-,30?,33?,34?,35?,36?,37?,38?,39?/m0/s1. The number of carbonyl (C=O) groups is 5. The summed E-state index contributed by atoms with van der Waals surface area (Å²) in [5.74, 6) is -1.21. The average Bonchev–Trinajstić information content (AvgIpc) is 3.15. The van der Waals surface area contributed by atoms with Gasteiger partial charge >= 0.3 is 0 Å². The fourth-order valence-electron chi connectivity index (χ4n) is 6.71. The summed E-state index contributed by atoms with van der Waals surface area (Å²) in [6, 6.07) is -1.58. The van der Waals surface area contributed by atoms with Gasteiger partial charge in [0.1, 0.15) is 36.2 Å². The van der Waals surface area contributed by atoms with Crippen LogP contribution >= 0.6 is 0 Å². The van der Waals surface area contributed by atoms with Crippen molar-refractivity contribution in [3.8, 4) is 0 Å². The number of aliphatic hydroxyl groups is 5. The van der Waals surface area contributed by atoms with E-state index >= 15 is 0 Å². The minimum absolute atomic E-state index is 0.0516. The van der Waals surface area contributed by atoms with Crippen molar-refractivity contribution in [2.24, 2.45) is 5.92 Å². The zero-order chi connectivity index (χ0) is 41.6. The highest BCUT2D eigenvalue weighted by Crippen LogP contribution is 2.27. The number of unbranched alkanes of at least 4 members (excludes halogenated alkanes) is 6. The summed E-state index contributed by atoms with van der Waals surface area (Å²) in [4.78, 5) is 61.2. The molecular weight excluding hydrogens is 734 g/mol. The van der Waals surface area contributed by atoms with E-state index in [1.54, 1.807) is 20.8 Å². The molecule has 8 N–H and O–H groups in total. The zero-order valence-electron chi connectivity index (χ0n) is 33.7. The van der Waals surface area contributed by atoms with Crippen LogP contribution in [0.3, 0.4) is 0 Å². The van der Waals surface area contributed by atoms with Gasteiger partial charge in [-0.3, -0.25) is 19.2 Å². The molecule has 2 rings (SSSR count). The number of aliphatic hydroxyl groups excluding tert-OH is 5.